The summed E-state index contributed by atoms with van der Waals surface area (Å²) >= 11 is 0. The minimum absolute atomic E-state index is 1.09. The molecule has 0 aliphatic heterocycles. The molecule has 0 saturated carbocycles. The molecular formula is C60H42N2. The van der Waals surface area contributed by atoms with Gasteiger partial charge in [0.2, 0.25) is 0 Å². The van der Waals surface area contributed by atoms with Gasteiger partial charge in [-0.2, -0.15) is 0 Å². The standard InChI is InChI=1S/C60H42N2/c1-5-16-43(17-6-1)46-28-35-51(36-29-46)61(52-37-30-47(31-38-52)44-18-7-2-8-19-44)53-39-32-49(33-40-53)54-24-13-14-27-58(54)62-59-41-34-50(45-20-9-3-10-21-45)42-57(59)56-26-15-25-55(60(56)62)48-22-11-4-12-23-48/h1-42H. The van der Waals surface area contributed by atoms with Crippen molar-refractivity contribution in [3.05, 3.63) is 255 Å². The van der Waals surface area contributed by atoms with Gasteiger partial charge < -0.3 is 9.47 Å². The fourth-order valence-electron chi connectivity index (χ4n) is 9.00. The number of rotatable bonds is 9. The number of benzene rings is 10. The van der Waals surface area contributed by atoms with Crippen LogP contribution in [0.3, 0.4) is 0 Å². The molecule has 0 bridgehead atoms. The highest BCUT2D eigenvalue weighted by Gasteiger charge is 2.20. The summed E-state index contributed by atoms with van der Waals surface area (Å²) in [5, 5.41) is 2.47. The maximum Gasteiger partial charge on any atom is 0.0619 e. The van der Waals surface area contributed by atoms with Crippen molar-refractivity contribution in [3.63, 3.8) is 0 Å². The summed E-state index contributed by atoms with van der Waals surface area (Å²) in [5.74, 6) is 0. The molecule has 292 valence electrons. The first-order valence-electron chi connectivity index (χ1n) is 21.3. The van der Waals surface area contributed by atoms with Crippen LogP contribution >= 0.6 is 0 Å². The summed E-state index contributed by atoms with van der Waals surface area (Å²) in [7, 11) is 0. The first kappa shape index (κ1) is 36.8. The first-order chi connectivity index (χ1) is 30.8. The largest absolute Gasteiger partial charge is 0.311 e. The van der Waals surface area contributed by atoms with E-state index in [2.05, 4.69) is 264 Å². The van der Waals surface area contributed by atoms with E-state index in [1.807, 2.05) is 0 Å². The lowest BCUT2D eigenvalue weighted by Gasteiger charge is -2.26. The molecule has 2 nitrogen and oxygen atoms in total. The molecule has 0 fully saturated rings. The third-order valence-corrected chi connectivity index (χ3v) is 12.0. The number of nitrogens with zero attached hydrogens (tertiary/aromatic N) is 2. The zero-order valence-electron chi connectivity index (χ0n) is 34.1. The fourth-order valence-corrected chi connectivity index (χ4v) is 9.00. The molecule has 0 N–H and O–H groups in total. The van der Waals surface area contributed by atoms with Crippen LogP contribution in [-0.4, -0.2) is 4.57 Å². The molecule has 0 aliphatic carbocycles. The molecule has 1 heterocycles. The first-order valence-corrected chi connectivity index (χ1v) is 21.3. The van der Waals surface area contributed by atoms with Gasteiger partial charge in [-0.05, 0) is 99.1 Å². The van der Waals surface area contributed by atoms with Crippen LogP contribution in [0.5, 0.6) is 0 Å². The Hall–Kier alpha value is -8.20. The lowest BCUT2D eigenvalue weighted by atomic mass is 10.00. The van der Waals surface area contributed by atoms with E-state index in [-0.39, 0.29) is 0 Å². The van der Waals surface area contributed by atoms with Gasteiger partial charge in [-0.3, -0.25) is 0 Å². The zero-order chi connectivity index (χ0) is 41.2. The van der Waals surface area contributed by atoms with Gasteiger partial charge in [-0.25, -0.2) is 0 Å². The highest BCUT2D eigenvalue weighted by molar-refractivity contribution is 6.15. The molecular weight excluding hydrogens is 749 g/mol. The van der Waals surface area contributed by atoms with Crippen LogP contribution in [0, 0.1) is 0 Å². The molecule has 0 radical (unpaired) electrons. The van der Waals surface area contributed by atoms with Crippen LogP contribution in [0.2, 0.25) is 0 Å². The molecule has 0 aliphatic rings. The summed E-state index contributed by atoms with van der Waals surface area (Å²) in [4.78, 5) is 2.35. The summed E-state index contributed by atoms with van der Waals surface area (Å²) in [6.45, 7) is 0. The Balaban J connectivity index is 1.04. The van der Waals surface area contributed by atoms with Crippen molar-refractivity contribution < 1.29 is 0 Å². The van der Waals surface area contributed by atoms with Gasteiger partial charge in [0.15, 0.2) is 0 Å². The Bertz CT molecular complexity index is 3200. The second kappa shape index (κ2) is 16.1. The van der Waals surface area contributed by atoms with Crippen LogP contribution in [-0.2, 0) is 0 Å². The van der Waals surface area contributed by atoms with Crippen LogP contribution < -0.4 is 4.90 Å². The number of hydrogen-bond acceptors (Lipinski definition) is 1. The van der Waals surface area contributed by atoms with E-state index in [4.69, 9.17) is 0 Å². The molecule has 0 atom stereocenters. The topological polar surface area (TPSA) is 8.17 Å². The van der Waals surface area contributed by atoms with E-state index in [1.165, 1.54) is 71.9 Å². The van der Waals surface area contributed by atoms with Gasteiger partial charge in [0.1, 0.15) is 0 Å². The molecule has 62 heavy (non-hydrogen) atoms. The highest BCUT2D eigenvalue weighted by Crippen LogP contribution is 2.43. The second-order valence-electron chi connectivity index (χ2n) is 15.7. The molecule has 11 rings (SSSR count). The Morgan fingerprint density at radius 2 is 0.645 bits per heavy atom. The second-order valence-corrected chi connectivity index (χ2v) is 15.7. The van der Waals surface area contributed by atoms with Crippen molar-refractivity contribution in [2.24, 2.45) is 0 Å². The van der Waals surface area contributed by atoms with Gasteiger partial charge in [0.05, 0.1) is 16.7 Å². The van der Waals surface area contributed by atoms with E-state index >= 15 is 0 Å². The number of hydrogen-bond donors (Lipinski definition) is 0. The molecule has 0 spiro atoms. The molecule has 0 unspecified atom stereocenters. The Kier molecular flexibility index (Phi) is 9.57. The van der Waals surface area contributed by atoms with E-state index in [1.54, 1.807) is 0 Å². The van der Waals surface area contributed by atoms with E-state index in [0.717, 1.165) is 28.3 Å². The maximum atomic E-state index is 2.49. The molecule has 10 aromatic carbocycles. The average Bonchev–Trinajstić information content (AvgIpc) is 3.70. The fraction of sp³-hybridized carbons (Fsp3) is 0. The predicted octanol–water partition coefficient (Wildman–Crippen LogP) is 16.6. The summed E-state index contributed by atoms with van der Waals surface area (Å²) in [6.07, 6.45) is 0. The van der Waals surface area contributed by atoms with E-state index in [0.29, 0.717) is 0 Å². The molecule has 0 saturated heterocycles. The smallest absolute Gasteiger partial charge is 0.0619 e. The molecule has 1 aromatic heterocycles. The normalized spacial score (nSPS) is 11.2. The summed E-state index contributed by atoms with van der Waals surface area (Å²) in [6, 6.07) is 92.0. The Morgan fingerprint density at radius 1 is 0.258 bits per heavy atom. The minimum Gasteiger partial charge on any atom is -0.311 e. The van der Waals surface area contributed by atoms with Crippen molar-refractivity contribution in [1.29, 1.82) is 0 Å². The van der Waals surface area contributed by atoms with Gasteiger partial charge in [-0.1, -0.05) is 200 Å². The molecule has 0 amide bonds. The minimum atomic E-state index is 1.09. The van der Waals surface area contributed by atoms with Crippen LogP contribution in [0.1, 0.15) is 0 Å². The molecule has 11 aromatic rings. The SMILES string of the molecule is c1ccc(-c2ccc(N(c3ccc(-c4ccccc4)cc3)c3ccc(-c4ccccc4-n4c5ccc(-c6ccccc6)cc5c5cccc(-c6ccccc6)c54)cc3)cc2)cc1. The van der Waals surface area contributed by atoms with Crippen molar-refractivity contribution >= 4 is 38.9 Å². The predicted molar refractivity (Wildman–Crippen MR) is 263 cm³/mol. The van der Waals surface area contributed by atoms with Crippen LogP contribution in [0.4, 0.5) is 17.1 Å². The van der Waals surface area contributed by atoms with Gasteiger partial charge in [0.25, 0.3) is 0 Å². The van der Waals surface area contributed by atoms with Crippen molar-refractivity contribution in [3.8, 4) is 61.3 Å². The summed E-state index contributed by atoms with van der Waals surface area (Å²) in [5.41, 5.74) is 18.7. The summed E-state index contributed by atoms with van der Waals surface area (Å²) < 4.78 is 2.49. The van der Waals surface area contributed by atoms with Crippen LogP contribution in [0.15, 0.2) is 255 Å². The van der Waals surface area contributed by atoms with Gasteiger partial charge in [0, 0.05) is 39.0 Å². The van der Waals surface area contributed by atoms with E-state index < -0.39 is 0 Å². The Labute approximate surface area is 362 Å². The Morgan fingerprint density at radius 3 is 1.18 bits per heavy atom. The third kappa shape index (κ3) is 6.84. The number of anilines is 3. The van der Waals surface area contributed by atoms with E-state index in [9.17, 15) is 0 Å². The lowest BCUT2D eigenvalue weighted by molar-refractivity contribution is 1.18. The van der Waals surface area contributed by atoms with Gasteiger partial charge >= 0.3 is 0 Å². The number of aromatic nitrogens is 1. The lowest BCUT2D eigenvalue weighted by Crippen LogP contribution is -2.09. The highest BCUT2D eigenvalue weighted by atomic mass is 15.1. The third-order valence-electron chi connectivity index (χ3n) is 12.0. The average molecular weight is 791 g/mol. The number of fused-ring (bicyclic) bond motifs is 3. The van der Waals surface area contributed by atoms with Gasteiger partial charge in [-0.15, -0.1) is 0 Å². The van der Waals surface area contributed by atoms with Crippen molar-refractivity contribution in [2.45, 2.75) is 0 Å². The van der Waals surface area contributed by atoms with Crippen molar-refractivity contribution in [1.82, 2.24) is 4.57 Å². The monoisotopic (exact) mass is 790 g/mol. The quantitative estimate of drug-likeness (QED) is 0.141. The number of para-hydroxylation sites is 2. The zero-order valence-corrected chi connectivity index (χ0v) is 34.1. The van der Waals surface area contributed by atoms with Crippen molar-refractivity contribution in [2.75, 3.05) is 4.90 Å². The van der Waals surface area contributed by atoms with Crippen LogP contribution in [0.25, 0.3) is 83.1 Å². The maximum absolute atomic E-state index is 2.49. The molecule has 2 heteroatoms.